The van der Waals surface area contributed by atoms with Gasteiger partial charge in [-0.1, -0.05) is 88.2 Å². The van der Waals surface area contributed by atoms with Crippen molar-refractivity contribution in [2.75, 3.05) is 5.33 Å². The topological polar surface area (TPSA) is 0 Å². The van der Waals surface area contributed by atoms with Gasteiger partial charge in [0.2, 0.25) is 0 Å². The van der Waals surface area contributed by atoms with E-state index in [-0.39, 0.29) is 0 Å². The molecule has 0 nitrogen and oxygen atoms in total. The Hall–Kier alpha value is -1.60. The molecule has 0 bridgehead atoms. The predicted octanol–water partition coefficient (Wildman–Crippen LogP) is 5.87. The molecule has 0 saturated heterocycles. The molecule has 0 fully saturated rings. The first-order chi connectivity index (χ1) is 10.3. The highest BCUT2D eigenvalue weighted by Gasteiger charge is 2.12. The number of fused-ring (bicyclic) bond motifs is 1. The van der Waals surface area contributed by atoms with Crippen molar-refractivity contribution in [2.24, 2.45) is 0 Å². The summed E-state index contributed by atoms with van der Waals surface area (Å²) in [7, 11) is 0. The average Bonchev–Trinajstić information content (AvgIpc) is 2.54. The van der Waals surface area contributed by atoms with E-state index >= 15 is 0 Å². The Bertz CT molecular complexity index is 723. The molecule has 0 amide bonds. The summed E-state index contributed by atoms with van der Waals surface area (Å²) in [5.74, 6) is 0.511. The highest BCUT2D eigenvalue weighted by Crippen LogP contribution is 2.27. The van der Waals surface area contributed by atoms with E-state index in [1.165, 1.54) is 27.5 Å². The molecule has 106 valence electrons. The number of aryl methyl sites for hydroxylation is 1. The molecule has 0 aromatic heterocycles. The average molecular weight is 339 g/mol. The van der Waals surface area contributed by atoms with Gasteiger partial charge in [0.15, 0.2) is 0 Å². The van der Waals surface area contributed by atoms with Crippen LogP contribution in [-0.4, -0.2) is 5.33 Å². The van der Waals surface area contributed by atoms with Crippen LogP contribution in [0.4, 0.5) is 0 Å². The third-order valence-electron chi connectivity index (χ3n) is 4.08. The van der Waals surface area contributed by atoms with Gasteiger partial charge < -0.3 is 0 Å². The van der Waals surface area contributed by atoms with Gasteiger partial charge in [0, 0.05) is 5.33 Å². The van der Waals surface area contributed by atoms with Crippen molar-refractivity contribution in [1.29, 1.82) is 0 Å². The van der Waals surface area contributed by atoms with E-state index in [9.17, 15) is 0 Å². The van der Waals surface area contributed by atoms with Gasteiger partial charge >= 0.3 is 0 Å². The molecule has 0 heterocycles. The second-order valence-electron chi connectivity index (χ2n) is 5.60. The molecule has 0 saturated carbocycles. The Labute approximate surface area is 134 Å². The summed E-state index contributed by atoms with van der Waals surface area (Å²) in [6.07, 6.45) is 1.07. The van der Waals surface area contributed by atoms with Crippen LogP contribution < -0.4 is 0 Å². The second kappa shape index (κ2) is 6.44. The van der Waals surface area contributed by atoms with Gasteiger partial charge in [0.25, 0.3) is 0 Å². The number of benzene rings is 3. The Morgan fingerprint density at radius 1 is 0.857 bits per heavy atom. The van der Waals surface area contributed by atoms with Gasteiger partial charge in [0.05, 0.1) is 0 Å². The van der Waals surface area contributed by atoms with Crippen LogP contribution >= 0.6 is 15.9 Å². The second-order valence-corrected chi connectivity index (χ2v) is 6.25. The van der Waals surface area contributed by atoms with Crippen LogP contribution in [0.25, 0.3) is 10.8 Å². The number of hydrogen-bond acceptors (Lipinski definition) is 0. The van der Waals surface area contributed by atoms with Crippen LogP contribution in [0.3, 0.4) is 0 Å². The summed E-state index contributed by atoms with van der Waals surface area (Å²) in [6.45, 7) is 2.14. The lowest BCUT2D eigenvalue weighted by atomic mass is 9.91. The van der Waals surface area contributed by atoms with E-state index in [1.54, 1.807) is 0 Å². The SMILES string of the molecule is Cc1ccc(C(CBr)Cc2cccc3ccccc23)cc1. The Kier molecular flexibility index (Phi) is 4.40. The molecule has 0 spiro atoms. The van der Waals surface area contributed by atoms with Gasteiger partial charge in [-0.05, 0) is 41.2 Å². The van der Waals surface area contributed by atoms with Crippen LogP contribution in [0.5, 0.6) is 0 Å². The zero-order chi connectivity index (χ0) is 14.7. The van der Waals surface area contributed by atoms with Crippen LogP contribution in [-0.2, 0) is 6.42 Å². The van der Waals surface area contributed by atoms with Crippen molar-refractivity contribution in [2.45, 2.75) is 19.3 Å². The number of hydrogen-bond donors (Lipinski definition) is 0. The highest BCUT2D eigenvalue weighted by atomic mass is 79.9. The van der Waals surface area contributed by atoms with E-state index in [4.69, 9.17) is 0 Å². The van der Waals surface area contributed by atoms with Crippen molar-refractivity contribution < 1.29 is 0 Å². The maximum Gasteiger partial charge on any atom is 0.0103 e. The van der Waals surface area contributed by atoms with E-state index in [2.05, 4.69) is 89.6 Å². The van der Waals surface area contributed by atoms with Crippen LogP contribution in [0.15, 0.2) is 66.7 Å². The number of halogens is 1. The minimum atomic E-state index is 0.511. The molecule has 0 aliphatic heterocycles. The lowest BCUT2D eigenvalue weighted by Crippen LogP contribution is -2.05. The Morgan fingerprint density at radius 3 is 2.33 bits per heavy atom. The minimum Gasteiger partial charge on any atom is -0.0921 e. The quantitative estimate of drug-likeness (QED) is 0.522. The summed E-state index contributed by atoms with van der Waals surface area (Å²) < 4.78 is 0. The smallest absolute Gasteiger partial charge is 0.0103 e. The summed E-state index contributed by atoms with van der Waals surface area (Å²) in [6, 6.07) is 24.2. The molecule has 0 N–H and O–H groups in total. The van der Waals surface area contributed by atoms with Gasteiger partial charge in [-0.15, -0.1) is 0 Å². The minimum absolute atomic E-state index is 0.511. The van der Waals surface area contributed by atoms with Crippen LogP contribution in [0.1, 0.15) is 22.6 Å². The molecule has 0 aliphatic carbocycles. The van der Waals surface area contributed by atoms with Gasteiger partial charge in [0.1, 0.15) is 0 Å². The van der Waals surface area contributed by atoms with Gasteiger partial charge in [-0.3, -0.25) is 0 Å². The normalized spacial score (nSPS) is 12.5. The predicted molar refractivity (Wildman–Crippen MR) is 95.4 cm³/mol. The molecule has 3 rings (SSSR count). The Balaban J connectivity index is 1.94. The van der Waals surface area contributed by atoms with Crippen molar-refractivity contribution >= 4 is 26.7 Å². The molecule has 3 aromatic rings. The standard InChI is InChI=1S/C20H19Br/c1-15-9-11-16(12-10-15)19(14-21)13-18-7-4-6-17-5-2-3-8-20(17)18/h2-12,19H,13-14H2,1H3. The van der Waals surface area contributed by atoms with Gasteiger partial charge in [-0.2, -0.15) is 0 Å². The van der Waals surface area contributed by atoms with Crippen molar-refractivity contribution in [3.05, 3.63) is 83.4 Å². The number of rotatable bonds is 4. The lowest BCUT2D eigenvalue weighted by molar-refractivity contribution is 0.779. The zero-order valence-electron chi connectivity index (χ0n) is 12.2. The molecule has 1 unspecified atom stereocenters. The molecule has 0 aliphatic rings. The molecule has 0 radical (unpaired) electrons. The fourth-order valence-electron chi connectivity index (χ4n) is 2.84. The number of alkyl halides is 1. The first kappa shape index (κ1) is 14.3. The van der Waals surface area contributed by atoms with Crippen LogP contribution in [0.2, 0.25) is 0 Å². The third kappa shape index (κ3) is 3.19. The molecule has 1 heteroatoms. The third-order valence-corrected chi connectivity index (χ3v) is 4.86. The summed E-state index contributed by atoms with van der Waals surface area (Å²) in [5.41, 5.74) is 4.15. The maximum absolute atomic E-state index is 3.69. The molecular weight excluding hydrogens is 320 g/mol. The zero-order valence-corrected chi connectivity index (χ0v) is 13.8. The first-order valence-corrected chi connectivity index (χ1v) is 8.49. The van der Waals surface area contributed by atoms with E-state index in [0.717, 1.165) is 11.8 Å². The van der Waals surface area contributed by atoms with E-state index < -0.39 is 0 Å². The highest BCUT2D eigenvalue weighted by molar-refractivity contribution is 9.09. The fraction of sp³-hybridized carbons (Fsp3) is 0.200. The fourth-order valence-corrected chi connectivity index (χ4v) is 3.44. The summed E-state index contributed by atoms with van der Waals surface area (Å²) >= 11 is 3.69. The lowest BCUT2D eigenvalue weighted by Gasteiger charge is -2.16. The summed E-state index contributed by atoms with van der Waals surface area (Å²) in [5, 5.41) is 3.68. The molecule has 21 heavy (non-hydrogen) atoms. The monoisotopic (exact) mass is 338 g/mol. The molecule has 1 atom stereocenters. The first-order valence-electron chi connectivity index (χ1n) is 7.37. The van der Waals surface area contributed by atoms with Crippen LogP contribution in [0, 0.1) is 6.92 Å². The van der Waals surface area contributed by atoms with E-state index in [1.807, 2.05) is 0 Å². The molecular formula is C20H19Br. The van der Waals surface area contributed by atoms with Crippen molar-refractivity contribution in [1.82, 2.24) is 0 Å². The van der Waals surface area contributed by atoms with Crippen molar-refractivity contribution in [3.8, 4) is 0 Å². The van der Waals surface area contributed by atoms with Crippen molar-refractivity contribution in [3.63, 3.8) is 0 Å². The Morgan fingerprint density at radius 2 is 1.57 bits per heavy atom. The van der Waals surface area contributed by atoms with E-state index in [0.29, 0.717) is 5.92 Å². The maximum atomic E-state index is 3.69. The summed E-state index contributed by atoms with van der Waals surface area (Å²) in [4.78, 5) is 0. The molecule has 3 aromatic carbocycles. The van der Waals surface area contributed by atoms with Gasteiger partial charge in [-0.25, -0.2) is 0 Å². The largest absolute Gasteiger partial charge is 0.0921 e.